The monoisotopic (exact) mass is 272 g/mol. The van der Waals surface area contributed by atoms with Crippen LogP contribution in [0.3, 0.4) is 0 Å². The number of hydrogen-bond acceptors (Lipinski definition) is 5. The number of aromatic nitrogens is 2. The van der Waals surface area contributed by atoms with Gasteiger partial charge in [-0.15, -0.1) is 0 Å². The first kappa shape index (κ1) is 13.8. The number of nitrogen functional groups attached to an aromatic ring is 1. The van der Waals surface area contributed by atoms with Gasteiger partial charge in [-0.2, -0.15) is 4.98 Å². The lowest BCUT2D eigenvalue weighted by atomic mass is 10.0. The van der Waals surface area contributed by atoms with Crippen LogP contribution in [0.1, 0.15) is 24.2 Å². The first-order valence-electron chi connectivity index (χ1n) is 6.21. The minimum atomic E-state index is -1.00. The molecule has 1 aromatic carbocycles. The molecule has 1 heterocycles. The fourth-order valence-corrected chi connectivity index (χ4v) is 1.87. The number of hydrogen-bond donors (Lipinski definition) is 3. The zero-order chi connectivity index (χ0) is 14.7. The Labute approximate surface area is 116 Å². The molecule has 0 saturated carbocycles. The molecule has 0 radical (unpaired) electrons. The highest BCUT2D eigenvalue weighted by atomic mass is 16.4. The lowest BCUT2D eigenvalue weighted by Gasteiger charge is -2.12. The fourth-order valence-electron chi connectivity index (χ4n) is 1.87. The molecule has 4 N–H and O–H groups in total. The molecule has 0 amide bonds. The number of nitrogens with zero attached hydrogens (tertiary/aromatic N) is 2. The van der Waals surface area contributed by atoms with Crippen LogP contribution in [0.25, 0.3) is 11.3 Å². The molecule has 0 aliphatic heterocycles. The Kier molecular flexibility index (Phi) is 3.84. The number of aromatic carboxylic acids is 1. The molecule has 20 heavy (non-hydrogen) atoms. The average molecular weight is 272 g/mol. The molecule has 6 heteroatoms. The summed E-state index contributed by atoms with van der Waals surface area (Å²) in [6.07, 6.45) is 0. The van der Waals surface area contributed by atoms with E-state index in [-0.39, 0.29) is 17.6 Å². The van der Waals surface area contributed by atoms with Gasteiger partial charge in [-0.3, -0.25) is 0 Å². The molecular weight excluding hydrogens is 256 g/mol. The zero-order valence-corrected chi connectivity index (χ0v) is 11.3. The van der Waals surface area contributed by atoms with Crippen LogP contribution in [0.4, 0.5) is 11.8 Å². The molecule has 0 atom stereocenters. The van der Waals surface area contributed by atoms with Crippen LogP contribution in [0.2, 0.25) is 0 Å². The first-order valence-corrected chi connectivity index (χ1v) is 6.21. The third-order valence-corrected chi connectivity index (χ3v) is 2.61. The summed E-state index contributed by atoms with van der Waals surface area (Å²) in [5.41, 5.74) is 6.87. The topological polar surface area (TPSA) is 101 Å². The van der Waals surface area contributed by atoms with Crippen molar-refractivity contribution < 1.29 is 9.90 Å². The Morgan fingerprint density at radius 2 is 2.00 bits per heavy atom. The summed E-state index contributed by atoms with van der Waals surface area (Å²) in [6.45, 7) is 3.95. The Balaban J connectivity index is 2.53. The van der Waals surface area contributed by atoms with Crippen LogP contribution in [0.5, 0.6) is 0 Å². The molecule has 104 valence electrons. The molecule has 0 unspecified atom stereocenters. The smallest absolute Gasteiger partial charge is 0.336 e. The maximum atomic E-state index is 11.3. The Bertz CT molecular complexity index is 641. The Hall–Kier alpha value is -2.63. The van der Waals surface area contributed by atoms with E-state index in [0.29, 0.717) is 17.1 Å². The number of nitrogens with one attached hydrogen (secondary N) is 1. The standard InChI is InChI=1S/C14H16N4O2/c1-8(2)16-12-7-11(17-14(15)18-12)9-5-3-4-6-10(9)13(19)20/h3-8H,1-2H3,(H,19,20)(H3,15,16,17,18). The number of anilines is 2. The highest BCUT2D eigenvalue weighted by Gasteiger charge is 2.13. The van der Waals surface area contributed by atoms with Gasteiger partial charge in [0.05, 0.1) is 11.3 Å². The molecule has 0 spiro atoms. The molecule has 2 rings (SSSR count). The van der Waals surface area contributed by atoms with E-state index >= 15 is 0 Å². The Morgan fingerprint density at radius 1 is 1.30 bits per heavy atom. The number of rotatable bonds is 4. The van der Waals surface area contributed by atoms with Crippen LogP contribution in [-0.4, -0.2) is 27.1 Å². The summed E-state index contributed by atoms with van der Waals surface area (Å²) in [5, 5.41) is 12.3. The summed E-state index contributed by atoms with van der Waals surface area (Å²) in [7, 11) is 0. The molecular formula is C14H16N4O2. The van der Waals surface area contributed by atoms with Gasteiger partial charge in [0.15, 0.2) is 0 Å². The molecule has 1 aromatic heterocycles. The largest absolute Gasteiger partial charge is 0.478 e. The number of carboxylic acids is 1. The fraction of sp³-hybridized carbons (Fsp3) is 0.214. The second-order valence-corrected chi connectivity index (χ2v) is 4.65. The number of carboxylic acid groups (broad SMARTS) is 1. The highest BCUT2D eigenvalue weighted by Crippen LogP contribution is 2.24. The number of carbonyl (C=O) groups is 1. The van der Waals surface area contributed by atoms with Gasteiger partial charge in [0.2, 0.25) is 5.95 Å². The molecule has 0 bridgehead atoms. The second-order valence-electron chi connectivity index (χ2n) is 4.65. The number of nitrogens with two attached hydrogens (primary N) is 1. The predicted octanol–water partition coefficient (Wildman–Crippen LogP) is 2.24. The summed E-state index contributed by atoms with van der Waals surface area (Å²) < 4.78 is 0. The minimum Gasteiger partial charge on any atom is -0.478 e. The van der Waals surface area contributed by atoms with E-state index < -0.39 is 5.97 Å². The minimum absolute atomic E-state index is 0.103. The van der Waals surface area contributed by atoms with Crippen molar-refractivity contribution in [2.45, 2.75) is 19.9 Å². The quantitative estimate of drug-likeness (QED) is 0.789. The average Bonchev–Trinajstić information content (AvgIpc) is 2.37. The van der Waals surface area contributed by atoms with Crippen LogP contribution in [-0.2, 0) is 0 Å². The first-order chi connectivity index (χ1) is 9.47. The van der Waals surface area contributed by atoms with Gasteiger partial charge in [-0.1, -0.05) is 18.2 Å². The van der Waals surface area contributed by atoms with E-state index in [1.807, 2.05) is 13.8 Å². The van der Waals surface area contributed by atoms with Gasteiger partial charge in [-0.05, 0) is 19.9 Å². The summed E-state index contributed by atoms with van der Waals surface area (Å²) in [6, 6.07) is 8.54. The maximum Gasteiger partial charge on any atom is 0.336 e. The summed E-state index contributed by atoms with van der Waals surface area (Å²) >= 11 is 0. The third kappa shape index (κ3) is 3.03. The van der Waals surface area contributed by atoms with Gasteiger partial charge in [-0.25, -0.2) is 9.78 Å². The highest BCUT2D eigenvalue weighted by molar-refractivity contribution is 5.95. The summed E-state index contributed by atoms with van der Waals surface area (Å²) in [5.74, 6) is -0.329. The van der Waals surface area contributed by atoms with Crippen LogP contribution in [0, 0.1) is 0 Å². The maximum absolute atomic E-state index is 11.3. The predicted molar refractivity (Wildman–Crippen MR) is 77.6 cm³/mol. The molecule has 2 aromatic rings. The van der Waals surface area contributed by atoms with Crippen LogP contribution < -0.4 is 11.1 Å². The summed E-state index contributed by atoms with van der Waals surface area (Å²) in [4.78, 5) is 19.5. The third-order valence-electron chi connectivity index (χ3n) is 2.61. The van der Waals surface area contributed by atoms with Gasteiger partial charge in [0.25, 0.3) is 0 Å². The lowest BCUT2D eigenvalue weighted by Crippen LogP contribution is -2.12. The molecule has 0 aliphatic carbocycles. The van der Waals surface area contributed by atoms with Crippen molar-refractivity contribution in [3.63, 3.8) is 0 Å². The van der Waals surface area contributed by atoms with Gasteiger partial charge >= 0.3 is 5.97 Å². The van der Waals surface area contributed by atoms with Crippen molar-refractivity contribution in [1.29, 1.82) is 0 Å². The van der Waals surface area contributed by atoms with Crippen LogP contribution in [0.15, 0.2) is 30.3 Å². The molecule has 0 saturated heterocycles. The SMILES string of the molecule is CC(C)Nc1cc(-c2ccccc2C(=O)O)nc(N)n1. The van der Waals surface area contributed by atoms with Crippen molar-refractivity contribution in [1.82, 2.24) is 9.97 Å². The molecule has 0 aliphatic rings. The van der Waals surface area contributed by atoms with Gasteiger partial charge in [0.1, 0.15) is 5.82 Å². The van der Waals surface area contributed by atoms with E-state index in [0.717, 1.165) is 0 Å². The van der Waals surface area contributed by atoms with Crippen molar-refractivity contribution in [3.8, 4) is 11.3 Å². The lowest BCUT2D eigenvalue weighted by molar-refractivity contribution is 0.0697. The second kappa shape index (κ2) is 5.56. The molecule has 6 nitrogen and oxygen atoms in total. The Morgan fingerprint density at radius 3 is 2.65 bits per heavy atom. The van der Waals surface area contributed by atoms with Crippen molar-refractivity contribution in [3.05, 3.63) is 35.9 Å². The van der Waals surface area contributed by atoms with E-state index in [4.69, 9.17) is 5.73 Å². The van der Waals surface area contributed by atoms with Crippen LogP contribution >= 0.6 is 0 Å². The molecule has 0 fully saturated rings. The van der Waals surface area contributed by atoms with Gasteiger partial charge in [0, 0.05) is 17.7 Å². The van der Waals surface area contributed by atoms with Crippen molar-refractivity contribution in [2.75, 3.05) is 11.1 Å². The van der Waals surface area contributed by atoms with E-state index in [1.165, 1.54) is 6.07 Å². The number of benzene rings is 1. The normalized spacial score (nSPS) is 10.6. The zero-order valence-electron chi connectivity index (χ0n) is 11.3. The van der Waals surface area contributed by atoms with E-state index in [2.05, 4.69) is 15.3 Å². The van der Waals surface area contributed by atoms with E-state index in [9.17, 15) is 9.90 Å². The van der Waals surface area contributed by atoms with Gasteiger partial charge < -0.3 is 16.2 Å². The van der Waals surface area contributed by atoms with E-state index in [1.54, 1.807) is 24.3 Å². The van der Waals surface area contributed by atoms with Crippen molar-refractivity contribution >= 4 is 17.7 Å². The van der Waals surface area contributed by atoms with Crippen molar-refractivity contribution in [2.24, 2.45) is 0 Å².